The molecule has 0 bridgehead atoms. The summed E-state index contributed by atoms with van der Waals surface area (Å²) in [7, 11) is 0. The van der Waals surface area contributed by atoms with Gasteiger partial charge in [-0.25, -0.2) is 4.79 Å². The van der Waals surface area contributed by atoms with Crippen LogP contribution < -0.4 is 14.8 Å². The van der Waals surface area contributed by atoms with Gasteiger partial charge in [0.1, 0.15) is 5.75 Å². The molecule has 0 unspecified atom stereocenters. The molecule has 1 aromatic carbocycles. The maximum atomic E-state index is 12.9. The van der Waals surface area contributed by atoms with Crippen LogP contribution in [0.4, 0.5) is 18.9 Å². The van der Waals surface area contributed by atoms with Crippen molar-refractivity contribution in [2.45, 2.75) is 19.5 Å². The van der Waals surface area contributed by atoms with Crippen LogP contribution in [0.1, 0.15) is 29.4 Å². The fourth-order valence-corrected chi connectivity index (χ4v) is 2.12. The molecule has 1 amide bonds. The molecule has 0 aliphatic rings. The SMILES string of the molecule is CCCOc1ccc(C(F)(F)F)cc1NC(=O)COC(=O)c1cccc[n+]1[O-]. The lowest BCUT2D eigenvalue weighted by Gasteiger charge is -2.15. The fraction of sp³-hybridized carbons (Fsp3) is 0.278. The third-order valence-corrected chi connectivity index (χ3v) is 3.41. The second-order valence-corrected chi connectivity index (χ2v) is 5.59. The number of rotatable bonds is 7. The zero-order chi connectivity index (χ0) is 20.7. The van der Waals surface area contributed by atoms with Gasteiger partial charge in [-0.15, -0.1) is 0 Å². The Morgan fingerprint density at radius 1 is 1.21 bits per heavy atom. The van der Waals surface area contributed by atoms with E-state index in [0.717, 1.165) is 24.4 Å². The molecule has 2 rings (SSSR count). The summed E-state index contributed by atoms with van der Waals surface area (Å²) in [4.78, 5) is 23.8. The Balaban J connectivity index is 2.09. The van der Waals surface area contributed by atoms with Gasteiger partial charge in [-0.3, -0.25) is 4.79 Å². The predicted molar refractivity (Wildman–Crippen MR) is 91.5 cm³/mol. The van der Waals surface area contributed by atoms with Crippen LogP contribution in [-0.4, -0.2) is 25.1 Å². The molecule has 0 fully saturated rings. The first-order chi connectivity index (χ1) is 13.2. The standard InChI is InChI=1S/C18H17F3N2O5/c1-2-9-27-15-7-6-12(18(19,20)21)10-13(15)22-16(24)11-28-17(25)14-5-3-4-8-23(14)26/h3-8,10H,2,9,11H2,1H3,(H,22,24). The Hall–Kier alpha value is -3.30. The summed E-state index contributed by atoms with van der Waals surface area (Å²) in [5.41, 5.74) is -1.51. The summed E-state index contributed by atoms with van der Waals surface area (Å²) < 4.78 is 49.1. The number of benzene rings is 1. The van der Waals surface area contributed by atoms with E-state index in [-0.39, 0.29) is 28.5 Å². The van der Waals surface area contributed by atoms with Crippen molar-refractivity contribution in [1.29, 1.82) is 0 Å². The number of esters is 1. The van der Waals surface area contributed by atoms with Gasteiger partial charge in [0.15, 0.2) is 12.8 Å². The highest BCUT2D eigenvalue weighted by Gasteiger charge is 2.31. The van der Waals surface area contributed by atoms with E-state index < -0.39 is 30.2 Å². The minimum absolute atomic E-state index is 0.0509. The van der Waals surface area contributed by atoms with E-state index in [4.69, 9.17) is 9.47 Å². The number of nitrogens with zero attached hydrogens (tertiary/aromatic N) is 1. The summed E-state index contributed by atoms with van der Waals surface area (Å²) in [6.45, 7) is 1.26. The number of pyridine rings is 1. The van der Waals surface area contributed by atoms with E-state index in [1.54, 1.807) is 0 Å². The Labute approximate surface area is 158 Å². The first-order valence-corrected chi connectivity index (χ1v) is 8.21. The minimum Gasteiger partial charge on any atom is -0.618 e. The van der Waals surface area contributed by atoms with Crippen LogP contribution in [0.15, 0.2) is 42.6 Å². The number of anilines is 1. The van der Waals surface area contributed by atoms with Crippen molar-refractivity contribution in [1.82, 2.24) is 0 Å². The van der Waals surface area contributed by atoms with Crippen LogP contribution in [0, 0.1) is 5.21 Å². The first-order valence-electron chi connectivity index (χ1n) is 8.21. The summed E-state index contributed by atoms with van der Waals surface area (Å²) in [5.74, 6) is -1.88. The topological polar surface area (TPSA) is 91.6 Å². The molecule has 0 aliphatic carbocycles. The van der Waals surface area contributed by atoms with Gasteiger partial charge in [0.25, 0.3) is 5.91 Å². The Morgan fingerprint density at radius 3 is 2.61 bits per heavy atom. The number of hydrogen-bond acceptors (Lipinski definition) is 5. The molecule has 0 aliphatic heterocycles. The maximum absolute atomic E-state index is 12.9. The number of halogens is 3. The van der Waals surface area contributed by atoms with Crippen molar-refractivity contribution < 1.29 is 37.0 Å². The summed E-state index contributed by atoms with van der Waals surface area (Å²) >= 11 is 0. The number of aromatic nitrogens is 1. The molecule has 0 saturated carbocycles. The zero-order valence-electron chi connectivity index (χ0n) is 14.8. The Morgan fingerprint density at radius 2 is 1.96 bits per heavy atom. The Kier molecular flexibility index (Phi) is 6.80. The summed E-state index contributed by atoms with van der Waals surface area (Å²) in [6, 6.07) is 6.71. The number of amides is 1. The van der Waals surface area contributed by atoms with Crippen molar-refractivity contribution in [2.24, 2.45) is 0 Å². The van der Waals surface area contributed by atoms with Crippen molar-refractivity contribution >= 4 is 17.6 Å². The number of carbonyl (C=O) groups excluding carboxylic acids is 2. The molecule has 0 saturated heterocycles. The highest BCUT2D eigenvalue weighted by Crippen LogP contribution is 2.35. The molecule has 0 atom stereocenters. The first kappa shape index (κ1) is 21.0. The molecule has 0 radical (unpaired) electrons. The van der Waals surface area contributed by atoms with E-state index in [9.17, 15) is 28.0 Å². The summed E-state index contributed by atoms with van der Waals surface area (Å²) in [5, 5.41) is 13.7. The van der Waals surface area contributed by atoms with Crippen LogP contribution in [0.2, 0.25) is 0 Å². The molecule has 1 aromatic heterocycles. The molecule has 2 aromatic rings. The average Bonchev–Trinajstić information content (AvgIpc) is 2.64. The quantitative estimate of drug-likeness (QED) is 0.440. The van der Waals surface area contributed by atoms with Crippen molar-refractivity contribution in [2.75, 3.05) is 18.5 Å². The minimum atomic E-state index is -4.61. The van der Waals surface area contributed by atoms with Crippen LogP contribution in [0.25, 0.3) is 0 Å². The number of nitrogens with one attached hydrogen (secondary N) is 1. The number of ether oxygens (including phenoxy) is 2. The van der Waals surface area contributed by atoms with Crippen LogP contribution in [0.5, 0.6) is 5.75 Å². The largest absolute Gasteiger partial charge is 0.618 e. The van der Waals surface area contributed by atoms with Crippen LogP contribution in [-0.2, 0) is 15.7 Å². The van der Waals surface area contributed by atoms with Crippen LogP contribution >= 0.6 is 0 Å². The molecule has 1 N–H and O–H groups in total. The number of alkyl halides is 3. The maximum Gasteiger partial charge on any atom is 0.416 e. The van der Waals surface area contributed by atoms with Gasteiger partial charge in [-0.2, -0.15) is 17.9 Å². The van der Waals surface area contributed by atoms with Crippen LogP contribution in [0.3, 0.4) is 0 Å². The van der Waals surface area contributed by atoms with E-state index in [1.807, 2.05) is 6.92 Å². The number of hydrogen-bond donors (Lipinski definition) is 1. The fourth-order valence-electron chi connectivity index (χ4n) is 2.12. The average molecular weight is 398 g/mol. The lowest BCUT2D eigenvalue weighted by atomic mass is 10.1. The molecule has 150 valence electrons. The van der Waals surface area contributed by atoms with Crippen molar-refractivity contribution in [3.05, 3.63) is 59.1 Å². The van der Waals surface area contributed by atoms with Gasteiger partial charge in [0, 0.05) is 12.1 Å². The van der Waals surface area contributed by atoms with E-state index in [1.165, 1.54) is 18.2 Å². The van der Waals surface area contributed by atoms with Crippen molar-refractivity contribution in [3.8, 4) is 5.75 Å². The molecule has 7 nitrogen and oxygen atoms in total. The van der Waals surface area contributed by atoms with E-state index in [0.29, 0.717) is 6.42 Å². The van der Waals surface area contributed by atoms with Gasteiger partial charge in [0.05, 0.1) is 17.9 Å². The van der Waals surface area contributed by atoms with Gasteiger partial charge < -0.3 is 20.0 Å². The lowest BCUT2D eigenvalue weighted by Crippen LogP contribution is -2.35. The highest BCUT2D eigenvalue weighted by atomic mass is 19.4. The number of carbonyl (C=O) groups is 2. The molecule has 0 spiro atoms. The monoisotopic (exact) mass is 398 g/mol. The highest BCUT2D eigenvalue weighted by molar-refractivity contribution is 5.95. The molecular formula is C18H17F3N2O5. The second kappa shape index (κ2) is 9.07. The summed E-state index contributed by atoms with van der Waals surface area (Å²) in [6.07, 6.45) is -2.92. The predicted octanol–water partition coefficient (Wildman–Crippen LogP) is 2.92. The zero-order valence-corrected chi connectivity index (χ0v) is 14.8. The van der Waals surface area contributed by atoms with Gasteiger partial charge in [0.2, 0.25) is 0 Å². The van der Waals surface area contributed by atoms with Gasteiger partial charge in [-0.1, -0.05) is 6.92 Å². The van der Waals surface area contributed by atoms with Gasteiger partial charge in [-0.05, 0) is 30.7 Å². The third kappa shape index (κ3) is 5.60. The second-order valence-electron chi connectivity index (χ2n) is 5.59. The van der Waals surface area contributed by atoms with E-state index >= 15 is 0 Å². The normalized spacial score (nSPS) is 11.0. The van der Waals surface area contributed by atoms with Crippen molar-refractivity contribution in [3.63, 3.8) is 0 Å². The Bertz CT molecular complexity index is 855. The molecule has 1 heterocycles. The smallest absolute Gasteiger partial charge is 0.416 e. The van der Waals surface area contributed by atoms with E-state index in [2.05, 4.69) is 5.32 Å². The molecule has 28 heavy (non-hydrogen) atoms. The van der Waals surface area contributed by atoms with Gasteiger partial charge >= 0.3 is 17.8 Å². The molecular weight excluding hydrogens is 381 g/mol. The third-order valence-electron chi connectivity index (χ3n) is 3.41. The lowest BCUT2D eigenvalue weighted by molar-refractivity contribution is -0.608. The molecule has 10 heteroatoms.